The van der Waals surface area contributed by atoms with Crippen LogP contribution in [0.5, 0.6) is 0 Å². The Bertz CT molecular complexity index is 3450. The van der Waals surface area contributed by atoms with Gasteiger partial charge in [-0.25, -0.2) is 0 Å². The van der Waals surface area contributed by atoms with Crippen molar-refractivity contribution >= 4 is 29.9 Å². The van der Waals surface area contributed by atoms with E-state index in [9.17, 15) is 57.8 Å². The number of methoxy groups -OCH3 is 3. The number of halogens is 10. The molecule has 3 atom stereocenters. The van der Waals surface area contributed by atoms with Crippen LogP contribution in [0.4, 0.5) is 43.4 Å². The van der Waals surface area contributed by atoms with Gasteiger partial charge in [-0.15, -0.1) is 0 Å². The summed E-state index contributed by atoms with van der Waals surface area (Å²) in [7, 11) is 7.96. The highest BCUT2D eigenvalue weighted by atomic mass is 32.2. The molecular weight excluding hydrogens is 1240 g/mol. The largest absolute Gasteiger partial charge is 0.435 e. The van der Waals surface area contributed by atoms with Gasteiger partial charge in [-0.3, -0.25) is 28.4 Å². The minimum atomic E-state index is -4.66. The number of hydrogen-bond acceptors (Lipinski definition) is 19. The number of hydrogen-bond donors (Lipinski definition) is 3. The lowest BCUT2D eigenvalue weighted by Gasteiger charge is -2.13. The molecule has 90 heavy (non-hydrogen) atoms. The monoisotopic (exact) mass is 1290 g/mol. The van der Waals surface area contributed by atoms with E-state index in [1.165, 1.54) is 48.7 Å². The Kier molecular flexibility index (Phi) is 23.8. The Morgan fingerprint density at radius 3 is 0.922 bits per heavy atom. The number of benzene rings is 3. The lowest BCUT2D eigenvalue weighted by molar-refractivity contribution is -0.142. The van der Waals surface area contributed by atoms with Gasteiger partial charge in [0.25, 0.3) is 35.4 Å². The number of carbonyl (C=O) groups excluding carboxylic acids is 3. The van der Waals surface area contributed by atoms with Crippen molar-refractivity contribution in [2.75, 3.05) is 47.4 Å². The zero-order valence-electron chi connectivity index (χ0n) is 49.2. The highest BCUT2D eigenvalue weighted by molar-refractivity contribution is 7.93. The zero-order chi connectivity index (χ0) is 66.3. The van der Waals surface area contributed by atoms with Gasteiger partial charge in [0, 0.05) is 95.8 Å². The Morgan fingerprint density at radius 2 is 0.722 bits per heavy atom. The van der Waals surface area contributed by atoms with Crippen molar-refractivity contribution in [1.29, 1.82) is 0 Å². The molecule has 0 aliphatic rings. The van der Waals surface area contributed by atoms with Crippen LogP contribution in [0.25, 0.3) is 34.2 Å². The van der Waals surface area contributed by atoms with E-state index in [-0.39, 0.29) is 66.7 Å². The fourth-order valence-electron chi connectivity index (χ4n) is 8.01. The summed E-state index contributed by atoms with van der Waals surface area (Å²) in [5, 5.41) is 29.3. The minimum absolute atomic E-state index is 0.0226. The van der Waals surface area contributed by atoms with Gasteiger partial charge in [0.15, 0.2) is 17.1 Å². The smallest absolute Gasteiger partial charge is 0.382 e. The number of alkyl halides is 9. The van der Waals surface area contributed by atoms with Crippen LogP contribution in [0.15, 0.2) is 105 Å². The van der Waals surface area contributed by atoms with Crippen LogP contribution in [-0.2, 0) is 53.9 Å². The summed E-state index contributed by atoms with van der Waals surface area (Å²) in [6, 6.07) is 21.7. The Balaban J connectivity index is 0.000000210. The van der Waals surface area contributed by atoms with E-state index >= 15 is 0 Å². The molecule has 24 nitrogen and oxygen atoms in total. The summed E-state index contributed by atoms with van der Waals surface area (Å²) >= 11 is 0.250. The molecule has 0 fully saturated rings. The second-order valence-corrected chi connectivity index (χ2v) is 19.5. The van der Waals surface area contributed by atoms with Gasteiger partial charge in [-0.2, -0.15) is 73.6 Å². The first-order chi connectivity index (χ1) is 42.5. The third kappa shape index (κ3) is 18.8. The van der Waals surface area contributed by atoms with Gasteiger partial charge in [0.1, 0.15) is 35.2 Å². The standard InChI is InChI=1S/3C18H18F3N5O3.CH3FS/c3*1-10-5-4-6-11(7-10)15-23-17(29-25-15)12(9-28-3)22-16(27)13-8-14(18(19,20)21)24-26(13)2;1-3-2/h3*4-8,12H,9H2,1-3H3,(H,22,27);1H3/t2*12-;;/m10../s1. The molecule has 6 heterocycles. The van der Waals surface area contributed by atoms with E-state index in [0.29, 0.717) is 35.7 Å². The van der Waals surface area contributed by atoms with Crippen molar-refractivity contribution in [3.05, 3.63) is 160 Å². The number of nitrogens with one attached hydrogen (secondary N) is 3. The maximum atomic E-state index is 12.8. The van der Waals surface area contributed by atoms with Crippen LogP contribution < -0.4 is 16.0 Å². The van der Waals surface area contributed by atoms with Gasteiger partial charge in [-0.1, -0.05) is 86.8 Å². The average molecular weight is 1290 g/mol. The normalized spacial score (nSPS) is 12.5. The Morgan fingerprint density at radius 1 is 0.478 bits per heavy atom. The van der Waals surface area contributed by atoms with Crippen LogP contribution in [0.3, 0.4) is 0 Å². The molecule has 0 radical (unpaired) electrons. The second kappa shape index (κ2) is 30.7. The minimum Gasteiger partial charge on any atom is -0.382 e. The highest BCUT2D eigenvalue weighted by Crippen LogP contribution is 2.32. The van der Waals surface area contributed by atoms with Crippen LogP contribution in [0.1, 0.15) is 101 Å². The van der Waals surface area contributed by atoms with Crippen molar-refractivity contribution in [2.45, 2.75) is 57.4 Å². The third-order valence-corrected chi connectivity index (χ3v) is 12.2. The SMILES string of the molecule is COCC(NC(=O)c1cc(C(F)(F)F)nn1C)c1nc(-c2cccc(C)c2)no1.COC[C@@H](NC(=O)c1cc(C(F)(F)F)nn1C)c1nc(-c2cccc(C)c2)no1.COC[C@H](NC(=O)c1cc(C(F)(F)F)nn1C)c1nc(-c2cccc(C)c2)no1.CSF. The summed E-state index contributed by atoms with van der Waals surface area (Å²) in [4.78, 5) is 50.3. The van der Waals surface area contributed by atoms with E-state index in [4.69, 9.17) is 27.8 Å². The maximum Gasteiger partial charge on any atom is 0.435 e. The molecule has 0 saturated heterocycles. The molecule has 35 heteroatoms. The van der Waals surface area contributed by atoms with Crippen LogP contribution in [-0.4, -0.2) is 125 Å². The van der Waals surface area contributed by atoms with Gasteiger partial charge in [-0.05, 0) is 39.0 Å². The van der Waals surface area contributed by atoms with Crippen molar-refractivity contribution in [1.82, 2.24) is 75.7 Å². The predicted octanol–water partition coefficient (Wildman–Crippen LogP) is 9.98. The summed E-state index contributed by atoms with van der Waals surface area (Å²) in [5.41, 5.74) is 0.920. The van der Waals surface area contributed by atoms with E-state index in [1.807, 2.05) is 75.4 Å². The van der Waals surface area contributed by atoms with E-state index in [0.717, 1.165) is 47.4 Å². The van der Waals surface area contributed by atoms with Gasteiger partial charge < -0.3 is 43.7 Å². The van der Waals surface area contributed by atoms with Gasteiger partial charge in [0.05, 0.1) is 19.8 Å². The Hall–Kier alpha value is -9.35. The fraction of sp³-hybridized carbons (Fsp3) is 0.345. The molecule has 3 N–H and O–H groups in total. The lowest BCUT2D eigenvalue weighted by atomic mass is 10.1. The number of aryl methyl sites for hydroxylation is 6. The summed E-state index contributed by atoms with van der Waals surface area (Å²) < 4.78 is 159. The van der Waals surface area contributed by atoms with Crippen molar-refractivity contribution < 1.29 is 85.6 Å². The highest BCUT2D eigenvalue weighted by Gasteiger charge is 2.39. The van der Waals surface area contributed by atoms with Crippen molar-refractivity contribution in [3.8, 4) is 34.2 Å². The van der Waals surface area contributed by atoms with Gasteiger partial charge in [0.2, 0.25) is 17.5 Å². The molecule has 3 aromatic carbocycles. The molecule has 1 unspecified atom stereocenters. The molecule has 3 amide bonds. The molecule has 0 bridgehead atoms. The number of carbonyl (C=O) groups is 3. The van der Waals surface area contributed by atoms with Crippen LogP contribution >= 0.6 is 12.1 Å². The molecule has 0 saturated carbocycles. The molecule has 9 rings (SSSR count). The van der Waals surface area contributed by atoms with Gasteiger partial charge >= 0.3 is 18.5 Å². The maximum absolute atomic E-state index is 12.8. The lowest BCUT2D eigenvalue weighted by Crippen LogP contribution is -2.32. The first-order valence-corrected chi connectivity index (χ1v) is 27.2. The number of amides is 3. The molecular formula is C55H57F10N15O9S. The molecule has 482 valence electrons. The van der Waals surface area contributed by atoms with Crippen LogP contribution in [0.2, 0.25) is 0 Å². The average Bonchev–Trinajstić information content (AvgIpc) is 1.80. The molecule has 0 aliphatic carbocycles. The summed E-state index contributed by atoms with van der Waals surface area (Å²) in [6.45, 7) is 5.69. The summed E-state index contributed by atoms with van der Waals surface area (Å²) in [5.74, 6) is -1.20. The summed E-state index contributed by atoms with van der Waals surface area (Å²) in [6.07, 6.45) is -12.6. The predicted molar refractivity (Wildman–Crippen MR) is 299 cm³/mol. The molecule has 0 aliphatic heterocycles. The number of nitrogens with zero attached hydrogens (tertiary/aromatic N) is 12. The third-order valence-electron chi connectivity index (χ3n) is 12.2. The molecule has 0 spiro atoms. The topological polar surface area (TPSA) is 285 Å². The first-order valence-electron chi connectivity index (χ1n) is 26.1. The molecule has 9 aromatic rings. The van der Waals surface area contributed by atoms with Crippen molar-refractivity contribution in [3.63, 3.8) is 0 Å². The van der Waals surface area contributed by atoms with E-state index < -0.39 is 71.5 Å². The Labute approximate surface area is 509 Å². The quantitative estimate of drug-likeness (QED) is 0.0673. The van der Waals surface area contributed by atoms with Crippen LogP contribution in [0, 0.1) is 20.8 Å². The van der Waals surface area contributed by atoms with E-state index in [2.05, 4.69) is 61.7 Å². The first kappa shape index (κ1) is 69.7. The fourth-order valence-corrected chi connectivity index (χ4v) is 8.01. The molecule has 6 aromatic heterocycles. The number of ether oxygens (including phenoxy) is 3. The zero-order valence-corrected chi connectivity index (χ0v) is 50.1. The number of rotatable bonds is 18. The van der Waals surface area contributed by atoms with Crippen molar-refractivity contribution in [2.24, 2.45) is 21.1 Å². The number of aromatic nitrogens is 12. The van der Waals surface area contributed by atoms with E-state index in [1.54, 1.807) is 18.2 Å². The second-order valence-electron chi connectivity index (χ2n) is 19.2.